The number of benzene rings is 1. The van der Waals surface area contributed by atoms with Crippen LogP contribution in [0.4, 0.5) is 0 Å². The van der Waals surface area contributed by atoms with Crippen LogP contribution in [0.1, 0.15) is 96.8 Å². The van der Waals surface area contributed by atoms with Crippen molar-refractivity contribution in [2.45, 2.75) is 96.8 Å². The second kappa shape index (κ2) is 18.2. The van der Waals surface area contributed by atoms with E-state index in [4.69, 9.17) is 14.6 Å². The molecule has 1 rings (SSSR count). The number of hydrogen-bond donors (Lipinski definition) is 1. The highest BCUT2D eigenvalue weighted by Gasteiger charge is 1.98. The molecule has 0 aliphatic carbocycles. The maximum Gasteiger partial charge on any atom is 0.119 e. The van der Waals surface area contributed by atoms with Gasteiger partial charge in [-0.15, -0.1) is 0 Å². The minimum Gasteiger partial charge on any atom is -0.494 e. The fourth-order valence-electron chi connectivity index (χ4n) is 3.17. The second-order valence-electron chi connectivity index (χ2n) is 7.49. The molecule has 0 saturated carbocycles. The van der Waals surface area contributed by atoms with Gasteiger partial charge in [0, 0.05) is 6.61 Å². The molecule has 0 unspecified atom stereocenters. The van der Waals surface area contributed by atoms with Crippen molar-refractivity contribution in [1.82, 2.24) is 0 Å². The van der Waals surface area contributed by atoms with Gasteiger partial charge in [0.25, 0.3) is 0 Å². The summed E-state index contributed by atoms with van der Waals surface area (Å²) in [6.07, 6.45) is 17.6. The van der Waals surface area contributed by atoms with E-state index in [0.717, 1.165) is 56.8 Å². The molecule has 1 aromatic rings. The van der Waals surface area contributed by atoms with E-state index in [0.29, 0.717) is 6.61 Å². The van der Waals surface area contributed by atoms with Gasteiger partial charge in [-0.25, -0.2) is 0 Å². The van der Waals surface area contributed by atoms with Gasteiger partial charge >= 0.3 is 0 Å². The first-order valence-corrected chi connectivity index (χ1v) is 11.3. The molecule has 0 fully saturated rings. The number of unbranched alkanes of at least 4 members (excludes halogenated alkanes) is 12. The third-order valence-corrected chi connectivity index (χ3v) is 4.91. The zero-order valence-corrected chi connectivity index (χ0v) is 17.6. The van der Waals surface area contributed by atoms with E-state index in [1.807, 2.05) is 24.3 Å². The normalized spacial score (nSPS) is 10.9. The Bertz CT molecular complexity index is 416. The lowest BCUT2D eigenvalue weighted by Gasteiger charge is -2.09. The third kappa shape index (κ3) is 14.5. The Morgan fingerprint density at radius 2 is 0.926 bits per heavy atom. The van der Waals surface area contributed by atoms with E-state index in [2.05, 4.69) is 6.92 Å². The van der Waals surface area contributed by atoms with Crippen molar-refractivity contribution in [3.05, 3.63) is 24.3 Å². The van der Waals surface area contributed by atoms with Crippen LogP contribution in [0.5, 0.6) is 11.5 Å². The van der Waals surface area contributed by atoms with Crippen LogP contribution in [-0.4, -0.2) is 24.9 Å². The average molecular weight is 379 g/mol. The summed E-state index contributed by atoms with van der Waals surface area (Å²) in [6.45, 7) is 4.11. The molecular weight excluding hydrogens is 336 g/mol. The zero-order chi connectivity index (χ0) is 19.4. The molecule has 0 spiro atoms. The van der Waals surface area contributed by atoms with Crippen molar-refractivity contribution >= 4 is 0 Å². The molecule has 0 radical (unpaired) electrons. The highest BCUT2D eigenvalue weighted by Crippen LogP contribution is 2.18. The Balaban J connectivity index is 1.94. The Labute approximate surface area is 167 Å². The first-order chi connectivity index (χ1) is 13.4. The molecule has 0 bridgehead atoms. The van der Waals surface area contributed by atoms with Crippen molar-refractivity contribution in [3.63, 3.8) is 0 Å². The molecule has 0 aromatic heterocycles. The number of aliphatic hydroxyl groups is 1. The lowest BCUT2D eigenvalue weighted by molar-refractivity contribution is 0.273. The van der Waals surface area contributed by atoms with Crippen LogP contribution in [0.2, 0.25) is 0 Å². The van der Waals surface area contributed by atoms with E-state index < -0.39 is 0 Å². The van der Waals surface area contributed by atoms with Gasteiger partial charge in [-0.2, -0.15) is 0 Å². The van der Waals surface area contributed by atoms with Crippen LogP contribution >= 0.6 is 0 Å². The van der Waals surface area contributed by atoms with Gasteiger partial charge in [-0.3, -0.25) is 0 Å². The highest BCUT2D eigenvalue weighted by molar-refractivity contribution is 5.31. The molecule has 27 heavy (non-hydrogen) atoms. The molecule has 0 aliphatic rings. The van der Waals surface area contributed by atoms with E-state index >= 15 is 0 Å². The summed E-state index contributed by atoms with van der Waals surface area (Å²) in [5.74, 6) is 1.84. The second-order valence-corrected chi connectivity index (χ2v) is 7.49. The maximum absolute atomic E-state index is 8.74. The molecule has 156 valence electrons. The smallest absolute Gasteiger partial charge is 0.119 e. The van der Waals surface area contributed by atoms with E-state index in [9.17, 15) is 0 Å². The molecule has 3 heteroatoms. The van der Waals surface area contributed by atoms with Gasteiger partial charge < -0.3 is 14.6 Å². The van der Waals surface area contributed by atoms with Gasteiger partial charge in [0.15, 0.2) is 0 Å². The first kappa shape index (κ1) is 23.8. The zero-order valence-electron chi connectivity index (χ0n) is 17.6. The molecule has 0 saturated heterocycles. The molecule has 1 N–H and O–H groups in total. The largest absolute Gasteiger partial charge is 0.494 e. The van der Waals surface area contributed by atoms with Gasteiger partial charge in [0.1, 0.15) is 11.5 Å². The highest BCUT2D eigenvalue weighted by atomic mass is 16.5. The van der Waals surface area contributed by atoms with Crippen LogP contribution in [0.15, 0.2) is 24.3 Å². The molecule has 0 amide bonds. The fourth-order valence-corrected chi connectivity index (χ4v) is 3.17. The van der Waals surface area contributed by atoms with Crippen molar-refractivity contribution < 1.29 is 14.6 Å². The van der Waals surface area contributed by atoms with Gasteiger partial charge in [-0.05, 0) is 49.9 Å². The van der Waals surface area contributed by atoms with Crippen LogP contribution in [0.3, 0.4) is 0 Å². The Morgan fingerprint density at radius 1 is 0.556 bits per heavy atom. The van der Waals surface area contributed by atoms with Gasteiger partial charge in [-0.1, -0.05) is 71.1 Å². The standard InChI is InChI=1S/C24H42O3/c1-2-3-4-5-6-7-8-9-11-14-21-26-23-16-18-24(19-17-23)27-22-15-12-10-13-20-25/h16-19,25H,2-15,20-22H2,1H3. The van der Waals surface area contributed by atoms with E-state index in [1.165, 1.54) is 57.8 Å². The number of aliphatic hydroxyl groups excluding tert-OH is 1. The maximum atomic E-state index is 8.74. The van der Waals surface area contributed by atoms with Crippen molar-refractivity contribution in [2.75, 3.05) is 19.8 Å². The molecule has 3 nitrogen and oxygen atoms in total. The molecular formula is C24H42O3. The number of rotatable bonds is 19. The van der Waals surface area contributed by atoms with Crippen LogP contribution in [0.25, 0.3) is 0 Å². The third-order valence-electron chi connectivity index (χ3n) is 4.91. The van der Waals surface area contributed by atoms with E-state index in [-0.39, 0.29) is 0 Å². The molecule has 0 atom stereocenters. The van der Waals surface area contributed by atoms with Crippen LogP contribution in [-0.2, 0) is 0 Å². The van der Waals surface area contributed by atoms with Crippen LogP contribution in [0, 0.1) is 0 Å². The summed E-state index contributed by atoms with van der Waals surface area (Å²) in [6, 6.07) is 7.97. The first-order valence-electron chi connectivity index (χ1n) is 11.3. The number of hydrogen-bond acceptors (Lipinski definition) is 3. The Morgan fingerprint density at radius 3 is 1.33 bits per heavy atom. The summed E-state index contributed by atoms with van der Waals surface area (Å²) in [5.41, 5.74) is 0. The van der Waals surface area contributed by atoms with Crippen LogP contribution < -0.4 is 9.47 Å². The summed E-state index contributed by atoms with van der Waals surface area (Å²) in [7, 11) is 0. The molecule has 0 aliphatic heterocycles. The monoisotopic (exact) mass is 378 g/mol. The van der Waals surface area contributed by atoms with Gasteiger partial charge in [0.05, 0.1) is 13.2 Å². The number of ether oxygens (including phenoxy) is 2. The van der Waals surface area contributed by atoms with E-state index in [1.54, 1.807) is 0 Å². The summed E-state index contributed by atoms with van der Waals surface area (Å²) in [4.78, 5) is 0. The average Bonchev–Trinajstić information content (AvgIpc) is 2.70. The Hall–Kier alpha value is -1.22. The minimum absolute atomic E-state index is 0.293. The topological polar surface area (TPSA) is 38.7 Å². The van der Waals surface area contributed by atoms with Crippen molar-refractivity contribution in [1.29, 1.82) is 0 Å². The fraction of sp³-hybridized carbons (Fsp3) is 0.750. The minimum atomic E-state index is 0.293. The molecule has 0 heterocycles. The van der Waals surface area contributed by atoms with Crippen molar-refractivity contribution in [2.24, 2.45) is 0 Å². The quantitative estimate of drug-likeness (QED) is 0.266. The summed E-state index contributed by atoms with van der Waals surface area (Å²) >= 11 is 0. The lowest BCUT2D eigenvalue weighted by Crippen LogP contribution is -1.99. The summed E-state index contributed by atoms with van der Waals surface area (Å²) < 4.78 is 11.6. The predicted octanol–water partition coefficient (Wildman–Crippen LogP) is 6.92. The SMILES string of the molecule is CCCCCCCCCCCCOc1ccc(OCCCCCCO)cc1. The van der Waals surface area contributed by atoms with Crippen molar-refractivity contribution in [3.8, 4) is 11.5 Å². The lowest BCUT2D eigenvalue weighted by atomic mass is 10.1. The molecule has 1 aromatic carbocycles. The van der Waals surface area contributed by atoms with Gasteiger partial charge in [0.2, 0.25) is 0 Å². The predicted molar refractivity (Wildman–Crippen MR) is 115 cm³/mol. The Kier molecular flexibility index (Phi) is 16.0. The summed E-state index contributed by atoms with van der Waals surface area (Å²) in [5, 5.41) is 8.74.